The molecule has 0 spiro atoms. The largest absolute Gasteiger partial charge is 0.326 e. The Morgan fingerprint density at radius 2 is 2.18 bits per heavy atom. The van der Waals surface area contributed by atoms with E-state index >= 15 is 0 Å². The number of carbonyl (C=O) groups is 1. The van der Waals surface area contributed by atoms with Crippen LogP contribution in [0.2, 0.25) is 0 Å². The topological polar surface area (TPSA) is 58.4 Å². The predicted octanol–water partition coefficient (Wildman–Crippen LogP) is 1.05. The zero-order valence-electron chi connectivity index (χ0n) is 10.1. The summed E-state index contributed by atoms with van der Waals surface area (Å²) in [5, 5.41) is 2.91. The normalized spacial score (nSPS) is 22.4. The summed E-state index contributed by atoms with van der Waals surface area (Å²) < 4.78 is 0. The van der Waals surface area contributed by atoms with E-state index in [0.717, 1.165) is 25.2 Å². The molecular formula is C13H19N3O. The standard InChI is InChI=1S/C13H19N3O/c1-10(16-8-7-11(14)9-16)13(17)15-12-5-3-2-4-6-12/h2-6,10-11H,7-9,14H2,1H3,(H,15,17)/t10?,11-/m1/s1. The van der Waals surface area contributed by atoms with Crippen molar-refractivity contribution in [1.82, 2.24) is 4.90 Å². The van der Waals surface area contributed by atoms with E-state index in [2.05, 4.69) is 10.2 Å². The first kappa shape index (κ1) is 12.1. The number of hydrogen-bond donors (Lipinski definition) is 2. The second kappa shape index (κ2) is 5.29. The van der Waals surface area contributed by atoms with Crippen LogP contribution < -0.4 is 11.1 Å². The summed E-state index contributed by atoms with van der Waals surface area (Å²) in [6.07, 6.45) is 0.975. The Kier molecular flexibility index (Phi) is 3.76. The lowest BCUT2D eigenvalue weighted by molar-refractivity contribution is -0.120. The second-order valence-electron chi connectivity index (χ2n) is 4.57. The smallest absolute Gasteiger partial charge is 0.241 e. The molecule has 0 aromatic heterocycles. The van der Waals surface area contributed by atoms with Gasteiger partial charge in [0.2, 0.25) is 5.91 Å². The van der Waals surface area contributed by atoms with Gasteiger partial charge in [-0.15, -0.1) is 0 Å². The minimum atomic E-state index is -0.122. The highest BCUT2D eigenvalue weighted by Gasteiger charge is 2.27. The number of amides is 1. The van der Waals surface area contributed by atoms with Crippen molar-refractivity contribution in [3.63, 3.8) is 0 Å². The summed E-state index contributed by atoms with van der Waals surface area (Å²) >= 11 is 0. The van der Waals surface area contributed by atoms with Gasteiger partial charge < -0.3 is 11.1 Å². The molecule has 1 unspecified atom stereocenters. The molecule has 0 radical (unpaired) electrons. The maximum Gasteiger partial charge on any atom is 0.241 e. The Hall–Kier alpha value is -1.39. The van der Waals surface area contributed by atoms with Crippen LogP contribution in [0.3, 0.4) is 0 Å². The Bertz CT molecular complexity index is 380. The van der Waals surface area contributed by atoms with Gasteiger partial charge in [-0.1, -0.05) is 18.2 Å². The lowest BCUT2D eigenvalue weighted by Crippen LogP contribution is -2.41. The molecule has 0 aliphatic carbocycles. The lowest BCUT2D eigenvalue weighted by atomic mass is 10.2. The summed E-state index contributed by atoms with van der Waals surface area (Å²) in [4.78, 5) is 14.1. The van der Waals surface area contributed by atoms with E-state index in [1.807, 2.05) is 37.3 Å². The fourth-order valence-corrected chi connectivity index (χ4v) is 2.10. The molecule has 4 heteroatoms. The van der Waals surface area contributed by atoms with Crippen LogP contribution in [0, 0.1) is 0 Å². The second-order valence-corrected chi connectivity index (χ2v) is 4.57. The van der Waals surface area contributed by atoms with E-state index in [0.29, 0.717) is 0 Å². The van der Waals surface area contributed by atoms with Crippen molar-refractivity contribution in [3.8, 4) is 0 Å². The number of likely N-dealkylation sites (tertiary alicyclic amines) is 1. The molecule has 2 atom stereocenters. The predicted molar refractivity (Wildman–Crippen MR) is 68.7 cm³/mol. The van der Waals surface area contributed by atoms with Gasteiger partial charge in [-0.25, -0.2) is 0 Å². The van der Waals surface area contributed by atoms with Crippen LogP contribution in [0.1, 0.15) is 13.3 Å². The van der Waals surface area contributed by atoms with Crippen LogP contribution in [0.15, 0.2) is 30.3 Å². The number of para-hydroxylation sites is 1. The molecule has 1 aliphatic heterocycles. The minimum absolute atomic E-state index is 0.0327. The summed E-state index contributed by atoms with van der Waals surface area (Å²) in [6, 6.07) is 9.61. The van der Waals surface area contributed by atoms with Crippen LogP contribution in [0.25, 0.3) is 0 Å². The Labute approximate surface area is 102 Å². The number of rotatable bonds is 3. The van der Waals surface area contributed by atoms with Crippen molar-refractivity contribution >= 4 is 11.6 Å². The molecule has 4 nitrogen and oxygen atoms in total. The molecule has 1 aromatic carbocycles. The van der Waals surface area contributed by atoms with Gasteiger partial charge in [0.15, 0.2) is 0 Å². The average Bonchev–Trinajstić information content (AvgIpc) is 2.76. The number of carbonyl (C=O) groups excluding carboxylic acids is 1. The van der Waals surface area contributed by atoms with Crippen molar-refractivity contribution in [2.75, 3.05) is 18.4 Å². The lowest BCUT2D eigenvalue weighted by Gasteiger charge is -2.23. The zero-order chi connectivity index (χ0) is 12.3. The van der Waals surface area contributed by atoms with Gasteiger partial charge >= 0.3 is 0 Å². The Morgan fingerprint density at radius 3 is 2.76 bits per heavy atom. The van der Waals surface area contributed by atoms with E-state index in [9.17, 15) is 4.79 Å². The van der Waals surface area contributed by atoms with Crippen molar-refractivity contribution in [2.24, 2.45) is 5.73 Å². The SMILES string of the molecule is CC(C(=O)Nc1ccccc1)N1CC[C@@H](N)C1. The fraction of sp³-hybridized carbons (Fsp3) is 0.462. The maximum absolute atomic E-state index is 12.0. The highest BCUT2D eigenvalue weighted by molar-refractivity contribution is 5.94. The number of benzene rings is 1. The maximum atomic E-state index is 12.0. The van der Waals surface area contributed by atoms with Gasteiger partial charge in [0.25, 0.3) is 0 Å². The quantitative estimate of drug-likeness (QED) is 0.820. The molecule has 1 aromatic rings. The monoisotopic (exact) mass is 233 g/mol. The Morgan fingerprint density at radius 1 is 1.47 bits per heavy atom. The molecule has 2 rings (SSSR count). The third-order valence-electron chi connectivity index (χ3n) is 3.22. The minimum Gasteiger partial charge on any atom is -0.326 e. The van der Waals surface area contributed by atoms with Crippen molar-refractivity contribution < 1.29 is 4.79 Å². The number of nitrogens with two attached hydrogens (primary N) is 1. The first-order valence-corrected chi connectivity index (χ1v) is 6.02. The summed E-state index contributed by atoms with van der Waals surface area (Å²) in [7, 11) is 0. The molecule has 1 fully saturated rings. The van der Waals surface area contributed by atoms with E-state index in [-0.39, 0.29) is 18.0 Å². The molecule has 1 heterocycles. The number of anilines is 1. The number of nitrogens with zero attached hydrogens (tertiary/aromatic N) is 1. The van der Waals surface area contributed by atoms with Crippen LogP contribution in [-0.4, -0.2) is 36.0 Å². The van der Waals surface area contributed by atoms with Crippen molar-refractivity contribution in [2.45, 2.75) is 25.4 Å². The molecule has 3 N–H and O–H groups in total. The molecule has 1 amide bonds. The first-order valence-electron chi connectivity index (χ1n) is 6.02. The fourth-order valence-electron chi connectivity index (χ4n) is 2.10. The van der Waals surface area contributed by atoms with Crippen LogP contribution >= 0.6 is 0 Å². The van der Waals surface area contributed by atoms with Gasteiger partial charge in [-0.05, 0) is 25.5 Å². The highest BCUT2D eigenvalue weighted by Crippen LogP contribution is 2.13. The molecule has 17 heavy (non-hydrogen) atoms. The van der Waals surface area contributed by atoms with E-state index in [1.54, 1.807) is 0 Å². The summed E-state index contributed by atoms with van der Waals surface area (Å²) in [5.74, 6) is 0.0327. The van der Waals surface area contributed by atoms with E-state index < -0.39 is 0 Å². The van der Waals surface area contributed by atoms with Gasteiger partial charge in [0.05, 0.1) is 6.04 Å². The molecule has 0 saturated carbocycles. The van der Waals surface area contributed by atoms with Gasteiger partial charge in [-0.3, -0.25) is 9.69 Å². The van der Waals surface area contributed by atoms with Crippen molar-refractivity contribution in [1.29, 1.82) is 0 Å². The zero-order valence-corrected chi connectivity index (χ0v) is 10.1. The third kappa shape index (κ3) is 3.05. The van der Waals surface area contributed by atoms with Crippen LogP contribution in [-0.2, 0) is 4.79 Å². The van der Waals surface area contributed by atoms with Gasteiger partial charge in [-0.2, -0.15) is 0 Å². The van der Waals surface area contributed by atoms with E-state index in [4.69, 9.17) is 5.73 Å². The molecular weight excluding hydrogens is 214 g/mol. The summed E-state index contributed by atoms with van der Waals surface area (Å²) in [5.41, 5.74) is 6.68. The highest BCUT2D eigenvalue weighted by atomic mass is 16.2. The molecule has 1 saturated heterocycles. The first-order chi connectivity index (χ1) is 8.16. The molecule has 1 aliphatic rings. The number of hydrogen-bond acceptors (Lipinski definition) is 3. The molecule has 92 valence electrons. The number of nitrogens with one attached hydrogen (secondary N) is 1. The van der Waals surface area contributed by atoms with Gasteiger partial charge in [0.1, 0.15) is 0 Å². The summed E-state index contributed by atoms with van der Waals surface area (Å²) in [6.45, 7) is 3.64. The van der Waals surface area contributed by atoms with Crippen molar-refractivity contribution in [3.05, 3.63) is 30.3 Å². The van der Waals surface area contributed by atoms with Gasteiger partial charge in [0, 0.05) is 24.8 Å². The molecule has 0 bridgehead atoms. The average molecular weight is 233 g/mol. The Balaban J connectivity index is 1.92. The van der Waals surface area contributed by atoms with E-state index in [1.165, 1.54) is 0 Å². The van der Waals surface area contributed by atoms with Crippen LogP contribution in [0.4, 0.5) is 5.69 Å². The third-order valence-corrected chi connectivity index (χ3v) is 3.22. The van der Waals surface area contributed by atoms with Crippen LogP contribution in [0.5, 0.6) is 0 Å².